The number of fused-ring (bicyclic) bond motifs is 1. The van der Waals surface area contributed by atoms with Crippen LogP contribution in [0.5, 0.6) is 5.75 Å². The minimum atomic E-state index is -4.69. The van der Waals surface area contributed by atoms with Crippen molar-refractivity contribution in [2.24, 2.45) is 5.92 Å². The standard InChI is InChI=1S/C25H31F3N4O3/c1-15(2)12-24(6,32(22(33)34)23(3,4)5)13-35-19-8-7-16(11-18(19)25(26,27)28)20-17-9-10-29-21(17)31-14-30-20/h7-11,14-15H,12-13H2,1-6H3,(H,33,34)(H,29,30,31)/t24-/m0/s1. The Morgan fingerprint density at radius 2 is 1.83 bits per heavy atom. The van der Waals surface area contributed by atoms with E-state index in [1.165, 1.54) is 23.4 Å². The lowest BCUT2D eigenvalue weighted by atomic mass is 9.86. The fraction of sp³-hybridized carbons (Fsp3) is 0.480. The molecule has 0 aliphatic rings. The van der Waals surface area contributed by atoms with Gasteiger partial charge in [-0.3, -0.25) is 4.90 Å². The van der Waals surface area contributed by atoms with Crippen LogP contribution in [0.3, 0.4) is 0 Å². The largest absolute Gasteiger partial charge is 0.491 e. The number of benzene rings is 1. The van der Waals surface area contributed by atoms with Crippen LogP contribution < -0.4 is 4.74 Å². The summed E-state index contributed by atoms with van der Waals surface area (Å²) in [6, 6.07) is 5.48. The number of aromatic nitrogens is 3. The summed E-state index contributed by atoms with van der Waals surface area (Å²) >= 11 is 0. The van der Waals surface area contributed by atoms with Crippen molar-refractivity contribution in [2.75, 3.05) is 6.61 Å². The minimum absolute atomic E-state index is 0.0822. The van der Waals surface area contributed by atoms with Crippen molar-refractivity contribution in [1.29, 1.82) is 0 Å². The Morgan fingerprint density at radius 1 is 1.14 bits per heavy atom. The topological polar surface area (TPSA) is 91.3 Å². The van der Waals surface area contributed by atoms with Crippen LogP contribution in [0.2, 0.25) is 0 Å². The van der Waals surface area contributed by atoms with E-state index in [-0.39, 0.29) is 23.8 Å². The summed E-state index contributed by atoms with van der Waals surface area (Å²) in [7, 11) is 0. The van der Waals surface area contributed by atoms with Crippen LogP contribution in [0.25, 0.3) is 22.3 Å². The quantitative estimate of drug-likeness (QED) is 0.387. The number of carboxylic acid groups (broad SMARTS) is 1. The van der Waals surface area contributed by atoms with E-state index < -0.39 is 28.9 Å². The Balaban J connectivity index is 2.02. The number of nitrogens with one attached hydrogen (secondary N) is 1. The highest BCUT2D eigenvalue weighted by molar-refractivity contribution is 5.90. The first kappa shape index (κ1) is 26.3. The average molecular weight is 493 g/mol. The monoisotopic (exact) mass is 492 g/mol. The van der Waals surface area contributed by atoms with Crippen LogP contribution in [-0.4, -0.2) is 48.7 Å². The molecule has 0 saturated carbocycles. The lowest BCUT2D eigenvalue weighted by Gasteiger charge is -2.47. The third kappa shape index (κ3) is 5.68. The Bertz CT molecular complexity index is 1200. The van der Waals surface area contributed by atoms with Crippen LogP contribution >= 0.6 is 0 Å². The summed E-state index contributed by atoms with van der Waals surface area (Å²) < 4.78 is 48.0. The van der Waals surface area contributed by atoms with E-state index in [0.29, 0.717) is 23.1 Å². The van der Waals surface area contributed by atoms with Crippen molar-refractivity contribution in [1.82, 2.24) is 19.9 Å². The van der Waals surface area contributed by atoms with E-state index >= 15 is 0 Å². The van der Waals surface area contributed by atoms with Gasteiger partial charge in [0.15, 0.2) is 0 Å². The molecule has 1 amide bonds. The summed E-state index contributed by atoms with van der Waals surface area (Å²) in [5, 5.41) is 10.5. The molecule has 7 nitrogen and oxygen atoms in total. The van der Waals surface area contributed by atoms with Gasteiger partial charge in [0, 0.05) is 22.7 Å². The number of carbonyl (C=O) groups is 1. The number of H-pyrrole nitrogens is 1. The summed E-state index contributed by atoms with van der Waals surface area (Å²) in [6.45, 7) is 10.6. The van der Waals surface area contributed by atoms with Gasteiger partial charge in [-0.05, 0) is 64.3 Å². The third-order valence-corrected chi connectivity index (χ3v) is 5.70. The maximum Gasteiger partial charge on any atom is 0.419 e. The van der Waals surface area contributed by atoms with Gasteiger partial charge < -0.3 is 14.8 Å². The number of amides is 1. The maximum absolute atomic E-state index is 14.1. The molecule has 0 radical (unpaired) electrons. The third-order valence-electron chi connectivity index (χ3n) is 5.70. The first-order chi connectivity index (χ1) is 16.1. The molecule has 0 saturated heterocycles. The maximum atomic E-state index is 14.1. The van der Waals surface area contributed by atoms with Crippen LogP contribution in [0, 0.1) is 5.92 Å². The van der Waals surface area contributed by atoms with Gasteiger partial charge in [0.1, 0.15) is 24.3 Å². The molecule has 190 valence electrons. The van der Waals surface area contributed by atoms with Crippen LogP contribution in [-0.2, 0) is 6.18 Å². The van der Waals surface area contributed by atoms with E-state index in [1.54, 1.807) is 40.0 Å². The Kier molecular flexibility index (Phi) is 7.06. The van der Waals surface area contributed by atoms with Crippen molar-refractivity contribution in [3.63, 3.8) is 0 Å². The molecule has 2 N–H and O–H groups in total. The smallest absolute Gasteiger partial charge is 0.419 e. The van der Waals surface area contributed by atoms with Gasteiger partial charge in [-0.15, -0.1) is 0 Å². The number of halogens is 3. The molecule has 0 unspecified atom stereocenters. The number of aromatic amines is 1. The highest BCUT2D eigenvalue weighted by atomic mass is 19.4. The Hall–Kier alpha value is -3.30. The molecular weight excluding hydrogens is 461 g/mol. The first-order valence-electron chi connectivity index (χ1n) is 11.3. The van der Waals surface area contributed by atoms with Crippen LogP contribution in [0.1, 0.15) is 53.5 Å². The van der Waals surface area contributed by atoms with E-state index in [0.717, 1.165) is 6.07 Å². The average Bonchev–Trinajstić information content (AvgIpc) is 3.18. The molecule has 0 bridgehead atoms. The molecule has 2 heterocycles. The van der Waals surface area contributed by atoms with Crippen molar-refractivity contribution in [2.45, 2.75) is 65.2 Å². The second kappa shape index (κ2) is 9.39. The van der Waals surface area contributed by atoms with Gasteiger partial charge in [0.05, 0.1) is 16.8 Å². The SMILES string of the molecule is CC(C)C[C@@](C)(COc1ccc(-c2ncnc3[nH]ccc23)cc1C(F)(F)F)N(C(=O)O)C(C)(C)C. The zero-order chi connectivity index (χ0) is 26.2. The Labute approximate surface area is 202 Å². The van der Waals surface area contributed by atoms with Crippen molar-refractivity contribution < 1.29 is 27.8 Å². The molecule has 0 aliphatic heterocycles. The van der Waals surface area contributed by atoms with E-state index in [9.17, 15) is 23.1 Å². The number of hydrogen-bond donors (Lipinski definition) is 2. The van der Waals surface area contributed by atoms with Crippen molar-refractivity contribution >= 4 is 17.1 Å². The van der Waals surface area contributed by atoms with Gasteiger partial charge in [-0.1, -0.05) is 13.8 Å². The molecule has 1 aromatic carbocycles. The van der Waals surface area contributed by atoms with Gasteiger partial charge >= 0.3 is 12.3 Å². The fourth-order valence-electron chi connectivity index (χ4n) is 4.78. The zero-order valence-electron chi connectivity index (χ0n) is 20.7. The highest BCUT2D eigenvalue weighted by Crippen LogP contribution is 2.40. The van der Waals surface area contributed by atoms with Crippen LogP contribution in [0.15, 0.2) is 36.8 Å². The summed E-state index contributed by atoms with van der Waals surface area (Å²) in [5.41, 5.74) is -1.66. The minimum Gasteiger partial charge on any atom is -0.491 e. The number of ether oxygens (including phenoxy) is 1. The lowest BCUT2D eigenvalue weighted by Crippen LogP contribution is -2.61. The predicted molar refractivity (Wildman–Crippen MR) is 127 cm³/mol. The van der Waals surface area contributed by atoms with E-state index in [1.807, 2.05) is 13.8 Å². The number of rotatable bonds is 7. The highest BCUT2D eigenvalue weighted by Gasteiger charge is 2.44. The van der Waals surface area contributed by atoms with Crippen molar-refractivity contribution in [3.8, 4) is 17.0 Å². The molecule has 0 fully saturated rings. The second-order valence-electron chi connectivity index (χ2n) is 10.3. The molecule has 3 aromatic rings. The molecule has 2 aromatic heterocycles. The summed E-state index contributed by atoms with van der Waals surface area (Å²) in [4.78, 5) is 24.6. The molecule has 35 heavy (non-hydrogen) atoms. The molecule has 0 aliphatic carbocycles. The molecule has 3 rings (SSSR count). The molecule has 1 atom stereocenters. The summed E-state index contributed by atoms with van der Waals surface area (Å²) in [5.74, 6) is -0.284. The second-order valence-corrected chi connectivity index (χ2v) is 10.3. The molecule has 10 heteroatoms. The lowest BCUT2D eigenvalue weighted by molar-refractivity contribution is -0.139. The zero-order valence-corrected chi connectivity index (χ0v) is 20.7. The van der Waals surface area contributed by atoms with E-state index in [4.69, 9.17) is 4.74 Å². The van der Waals surface area contributed by atoms with Gasteiger partial charge in [-0.2, -0.15) is 13.2 Å². The van der Waals surface area contributed by atoms with Crippen LogP contribution in [0.4, 0.5) is 18.0 Å². The van der Waals surface area contributed by atoms with Gasteiger partial charge in [0.2, 0.25) is 0 Å². The number of alkyl halides is 3. The Morgan fingerprint density at radius 3 is 2.40 bits per heavy atom. The van der Waals surface area contributed by atoms with Gasteiger partial charge in [-0.25, -0.2) is 14.8 Å². The number of hydrogen-bond acceptors (Lipinski definition) is 4. The molecule has 0 spiro atoms. The van der Waals surface area contributed by atoms with Gasteiger partial charge in [0.25, 0.3) is 0 Å². The normalized spacial score (nSPS) is 14.2. The fourth-order valence-corrected chi connectivity index (χ4v) is 4.78. The summed E-state index contributed by atoms with van der Waals surface area (Å²) in [6.07, 6.45) is -2.52. The van der Waals surface area contributed by atoms with Crippen molar-refractivity contribution in [3.05, 3.63) is 42.4 Å². The predicted octanol–water partition coefficient (Wildman–Crippen LogP) is 6.61. The number of nitrogens with zero attached hydrogens (tertiary/aromatic N) is 3. The molecular formula is C25H31F3N4O3. The first-order valence-corrected chi connectivity index (χ1v) is 11.3. The van der Waals surface area contributed by atoms with E-state index in [2.05, 4.69) is 15.0 Å².